The van der Waals surface area contributed by atoms with Crippen LogP contribution in [0.25, 0.3) is 11.0 Å². The fourth-order valence-electron chi connectivity index (χ4n) is 3.66. The number of aromatic nitrogens is 2. The number of hydrogen-bond donors (Lipinski definition) is 4. The number of rotatable bonds is 6. The molecule has 11 heteroatoms. The number of fused-ring (bicyclic) bond motifs is 2. The number of carbonyl (C=O) groups is 3. The molecule has 0 saturated carbocycles. The summed E-state index contributed by atoms with van der Waals surface area (Å²) in [5.74, 6) is -1.15. The molecule has 0 aliphatic carbocycles. The van der Waals surface area contributed by atoms with Crippen LogP contribution in [0.5, 0.6) is 0 Å². The first-order valence-corrected chi connectivity index (χ1v) is 10.6. The van der Waals surface area contributed by atoms with Crippen LogP contribution in [-0.2, 0) is 16.1 Å². The van der Waals surface area contributed by atoms with Gasteiger partial charge in [0.25, 0.3) is 5.91 Å². The Labute approximate surface area is 191 Å². The Morgan fingerprint density at radius 3 is 2.70 bits per heavy atom. The fraction of sp³-hybridized carbons (Fsp3) is 0.227. The Hall–Kier alpha value is -3.92. The first kappa shape index (κ1) is 22.3. The predicted octanol–water partition coefficient (Wildman–Crippen LogP) is 0.990. The summed E-state index contributed by atoms with van der Waals surface area (Å²) in [6, 6.07) is 10.5. The van der Waals surface area contributed by atoms with Crippen molar-refractivity contribution in [2.24, 2.45) is 0 Å². The zero-order chi connectivity index (χ0) is 23.5. The molecule has 10 nitrogen and oxygen atoms in total. The molecule has 1 aliphatic heterocycles. The van der Waals surface area contributed by atoms with Gasteiger partial charge in [-0.1, -0.05) is 23.7 Å². The standard InChI is InChI=1S/C22H20ClN5O5/c23-12-5-7-17-16(11-12)27-21(32)22(33)28(17)10-9-24-18(29)8-6-15-20(31)25-14-4-2-1-3-13(14)19(30)26-15/h1-5,7,11,15H,6,8-10H2,(H,24,29)(H,25,31)(H,26,30)(H,27,32)/t15-/m0/s1. The van der Waals surface area contributed by atoms with Crippen molar-refractivity contribution < 1.29 is 14.4 Å². The molecule has 1 aliphatic rings. The van der Waals surface area contributed by atoms with Crippen molar-refractivity contribution in [1.82, 2.24) is 20.2 Å². The maximum atomic E-state index is 12.4. The van der Waals surface area contributed by atoms with Gasteiger partial charge in [0.05, 0.1) is 22.3 Å². The van der Waals surface area contributed by atoms with E-state index in [2.05, 4.69) is 20.9 Å². The minimum atomic E-state index is -0.861. The SMILES string of the molecule is O=C(CC[C@@H]1NC(=O)c2ccccc2NC1=O)NCCn1c(=O)c(=O)[nH]c2cc(Cl)ccc21. The lowest BCUT2D eigenvalue weighted by Crippen LogP contribution is -2.42. The molecule has 3 aromatic rings. The van der Waals surface area contributed by atoms with Gasteiger partial charge in [-0.3, -0.25) is 24.0 Å². The summed E-state index contributed by atoms with van der Waals surface area (Å²) in [4.78, 5) is 63.7. The molecule has 2 heterocycles. The van der Waals surface area contributed by atoms with E-state index in [4.69, 9.17) is 11.6 Å². The molecule has 1 atom stereocenters. The van der Waals surface area contributed by atoms with Crippen LogP contribution in [0.4, 0.5) is 5.69 Å². The lowest BCUT2D eigenvalue weighted by atomic mass is 10.1. The van der Waals surface area contributed by atoms with E-state index in [9.17, 15) is 24.0 Å². The first-order chi connectivity index (χ1) is 15.8. The van der Waals surface area contributed by atoms with E-state index in [0.29, 0.717) is 27.3 Å². The lowest BCUT2D eigenvalue weighted by Gasteiger charge is -2.14. The highest BCUT2D eigenvalue weighted by Crippen LogP contribution is 2.19. The highest BCUT2D eigenvalue weighted by molar-refractivity contribution is 6.31. The number of nitrogens with zero attached hydrogens (tertiary/aromatic N) is 1. The summed E-state index contributed by atoms with van der Waals surface area (Å²) in [6.07, 6.45) is 0.0825. The summed E-state index contributed by atoms with van der Waals surface area (Å²) in [6.45, 7) is 0.164. The number of hydrogen-bond acceptors (Lipinski definition) is 5. The smallest absolute Gasteiger partial charge is 0.316 e. The van der Waals surface area contributed by atoms with E-state index >= 15 is 0 Å². The molecule has 4 N–H and O–H groups in total. The maximum absolute atomic E-state index is 12.4. The minimum Gasteiger partial charge on any atom is -0.354 e. The minimum absolute atomic E-state index is 0.0185. The fourth-order valence-corrected chi connectivity index (χ4v) is 3.83. The predicted molar refractivity (Wildman–Crippen MR) is 122 cm³/mol. The normalized spacial score (nSPS) is 15.4. The summed E-state index contributed by atoms with van der Waals surface area (Å²) < 4.78 is 1.26. The molecule has 1 aromatic heterocycles. The van der Waals surface area contributed by atoms with Crippen LogP contribution in [0.1, 0.15) is 23.2 Å². The number of H-pyrrole nitrogens is 1. The molecular formula is C22H20ClN5O5. The average molecular weight is 470 g/mol. The van der Waals surface area contributed by atoms with Crippen molar-refractivity contribution in [2.75, 3.05) is 11.9 Å². The van der Waals surface area contributed by atoms with E-state index in [1.165, 1.54) is 10.6 Å². The lowest BCUT2D eigenvalue weighted by molar-refractivity contribution is -0.121. The number of carbonyl (C=O) groups excluding carboxylic acids is 3. The number of halogens is 1. The van der Waals surface area contributed by atoms with Gasteiger partial charge in [-0.2, -0.15) is 0 Å². The van der Waals surface area contributed by atoms with Crippen LogP contribution in [-0.4, -0.2) is 39.9 Å². The monoisotopic (exact) mass is 469 g/mol. The highest BCUT2D eigenvalue weighted by Gasteiger charge is 2.27. The van der Waals surface area contributed by atoms with E-state index < -0.39 is 29.0 Å². The molecule has 2 aromatic carbocycles. The van der Waals surface area contributed by atoms with Gasteiger partial charge in [-0.05, 0) is 36.8 Å². The summed E-state index contributed by atoms with van der Waals surface area (Å²) in [5.41, 5.74) is 0.146. The third-order valence-electron chi connectivity index (χ3n) is 5.31. The largest absolute Gasteiger partial charge is 0.354 e. The third-order valence-corrected chi connectivity index (χ3v) is 5.54. The highest BCUT2D eigenvalue weighted by atomic mass is 35.5. The Morgan fingerprint density at radius 2 is 1.88 bits per heavy atom. The Kier molecular flexibility index (Phi) is 6.27. The van der Waals surface area contributed by atoms with Gasteiger partial charge in [0.15, 0.2) is 0 Å². The van der Waals surface area contributed by atoms with E-state index in [0.717, 1.165) is 0 Å². The number of benzene rings is 2. The maximum Gasteiger partial charge on any atom is 0.316 e. The molecule has 0 radical (unpaired) electrons. The number of nitrogens with one attached hydrogen (secondary N) is 4. The van der Waals surface area contributed by atoms with Crippen LogP contribution < -0.4 is 27.1 Å². The van der Waals surface area contributed by atoms with Gasteiger partial charge in [0.1, 0.15) is 6.04 Å². The van der Waals surface area contributed by atoms with Crippen LogP contribution in [0.15, 0.2) is 52.1 Å². The van der Waals surface area contributed by atoms with Crippen LogP contribution in [0, 0.1) is 0 Å². The summed E-state index contributed by atoms with van der Waals surface area (Å²) >= 11 is 5.94. The van der Waals surface area contributed by atoms with Crippen molar-refractivity contribution in [3.05, 3.63) is 73.8 Å². The molecule has 4 rings (SSSR count). The van der Waals surface area contributed by atoms with E-state index in [1.807, 2.05) is 0 Å². The van der Waals surface area contributed by atoms with Gasteiger partial charge in [-0.15, -0.1) is 0 Å². The molecular weight excluding hydrogens is 450 g/mol. The topological polar surface area (TPSA) is 142 Å². The van der Waals surface area contributed by atoms with Crippen molar-refractivity contribution >= 4 is 46.0 Å². The molecule has 33 heavy (non-hydrogen) atoms. The van der Waals surface area contributed by atoms with Crippen molar-refractivity contribution in [3.63, 3.8) is 0 Å². The van der Waals surface area contributed by atoms with Crippen LogP contribution in [0.3, 0.4) is 0 Å². The molecule has 3 amide bonds. The molecule has 0 fully saturated rings. The van der Waals surface area contributed by atoms with Crippen molar-refractivity contribution in [1.29, 1.82) is 0 Å². The van der Waals surface area contributed by atoms with E-state index in [1.54, 1.807) is 36.4 Å². The van der Waals surface area contributed by atoms with Gasteiger partial charge in [-0.25, -0.2) is 0 Å². The molecule has 0 spiro atoms. The second kappa shape index (κ2) is 9.29. The van der Waals surface area contributed by atoms with Crippen LogP contribution in [0.2, 0.25) is 5.02 Å². The number of aromatic amines is 1. The van der Waals surface area contributed by atoms with Crippen LogP contribution >= 0.6 is 11.6 Å². The Bertz CT molecular complexity index is 1380. The second-order valence-electron chi connectivity index (χ2n) is 7.52. The van der Waals surface area contributed by atoms with Crippen molar-refractivity contribution in [3.8, 4) is 0 Å². The zero-order valence-electron chi connectivity index (χ0n) is 17.3. The third kappa shape index (κ3) is 4.80. The Balaban J connectivity index is 1.35. The molecule has 0 saturated heterocycles. The summed E-state index contributed by atoms with van der Waals surface area (Å²) in [7, 11) is 0. The quantitative estimate of drug-likeness (QED) is 0.398. The van der Waals surface area contributed by atoms with E-state index in [-0.39, 0.29) is 31.8 Å². The second-order valence-corrected chi connectivity index (χ2v) is 7.96. The van der Waals surface area contributed by atoms with Gasteiger partial charge in [0, 0.05) is 24.5 Å². The van der Waals surface area contributed by atoms with Gasteiger partial charge < -0.3 is 25.5 Å². The number of anilines is 1. The first-order valence-electron chi connectivity index (χ1n) is 10.2. The Morgan fingerprint density at radius 1 is 1.09 bits per heavy atom. The van der Waals surface area contributed by atoms with Gasteiger partial charge in [0.2, 0.25) is 11.8 Å². The van der Waals surface area contributed by atoms with Gasteiger partial charge >= 0.3 is 11.1 Å². The zero-order valence-corrected chi connectivity index (χ0v) is 18.1. The summed E-state index contributed by atoms with van der Waals surface area (Å²) in [5, 5.41) is 8.41. The van der Waals surface area contributed by atoms with Crippen molar-refractivity contribution in [2.45, 2.75) is 25.4 Å². The molecule has 0 unspecified atom stereocenters. The number of para-hydroxylation sites is 1. The molecule has 170 valence electrons. The number of amides is 3. The average Bonchev–Trinajstić information content (AvgIpc) is 2.90. The molecule has 0 bridgehead atoms.